The Bertz CT molecular complexity index is 667. The molecular formula is C20H21N3. The predicted octanol–water partition coefficient (Wildman–Crippen LogP) is 3.99. The fraction of sp³-hybridized carbons (Fsp3) is 0.200. The number of aryl methyl sites for hydroxylation is 1. The van der Waals surface area contributed by atoms with Crippen molar-refractivity contribution in [1.82, 2.24) is 14.9 Å². The summed E-state index contributed by atoms with van der Waals surface area (Å²) in [6.45, 7) is 4.62. The zero-order chi connectivity index (χ0) is 15.9. The molecule has 0 saturated carbocycles. The summed E-state index contributed by atoms with van der Waals surface area (Å²) >= 11 is 0. The standard InChI is InChI=1S/C20H21N3/c1-17-8-10-18(11-9-17)14-23(15-19-6-2-4-12-21-19)16-20-7-3-5-13-22-20/h2-13H,14-16H2,1H3. The summed E-state index contributed by atoms with van der Waals surface area (Å²) in [6.07, 6.45) is 3.69. The van der Waals surface area contributed by atoms with Crippen LogP contribution in [-0.4, -0.2) is 14.9 Å². The van der Waals surface area contributed by atoms with Crippen LogP contribution in [0.15, 0.2) is 73.1 Å². The van der Waals surface area contributed by atoms with Gasteiger partial charge in [0.15, 0.2) is 0 Å². The molecule has 0 amide bonds. The number of hydrogen-bond donors (Lipinski definition) is 0. The molecule has 3 heteroatoms. The molecule has 0 bridgehead atoms. The number of rotatable bonds is 6. The highest BCUT2D eigenvalue weighted by atomic mass is 15.1. The normalized spacial score (nSPS) is 10.9. The highest BCUT2D eigenvalue weighted by Gasteiger charge is 2.09. The summed E-state index contributed by atoms with van der Waals surface area (Å²) in [6, 6.07) is 20.8. The molecule has 0 aliphatic carbocycles. The average Bonchev–Trinajstić information content (AvgIpc) is 2.59. The van der Waals surface area contributed by atoms with E-state index in [9.17, 15) is 0 Å². The first-order valence-corrected chi connectivity index (χ1v) is 7.87. The first kappa shape index (κ1) is 15.4. The first-order chi connectivity index (χ1) is 11.3. The molecule has 0 radical (unpaired) electrons. The highest BCUT2D eigenvalue weighted by Crippen LogP contribution is 2.13. The summed E-state index contributed by atoms with van der Waals surface area (Å²) in [7, 11) is 0. The Morgan fingerprint density at radius 3 is 1.74 bits per heavy atom. The maximum Gasteiger partial charge on any atom is 0.0544 e. The zero-order valence-corrected chi connectivity index (χ0v) is 13.4. The van der Waals surface area contributed by atoms with Crippen LogP contribution in [0.1, 0.15) is 22.5 Å². The molecule has 1 aromatic carbocycles. The Morgan fingerprint density at radius 2 is 1.26 bits per heavy atom. The van der Waals surface area contributed by atoms with Crippen LogP contribution in [0.3, 0.4) is 0 Å². The van der Waals surface area contributed by atoms with Crippen molar-refractivity contribution < 1.29 is 0 Å². The number of benzene rings is 1. The summed E-state index contributed by atoms with van der Waals surface area (Å²) < 4.78 is 0. The number of aromatic nitrogens is 2. The van der Waals surface area contributed by atoms with E-state index in [4.69, 9.17) is 0 Å². The van der Waals surface area contributed by atoms with Crippen LogP contribution >= 0.6 is 0 Å². The van der Waals surface area contributed by atoms with Crippen molar-refractivity contribution in [3.05, 3.63) is 95.6 Å². The molecule has 0 aliphatic rings. The molecule has 0 spiro atoms. The van der Waals surface area contributed by atoms with E-state index in [1.54, 1.807) is 0 Å². The summed E-state index contributed by atoms with van der Waals surface area (Å²) in [5, 5.41) is 0. The van der Waals surface area contributed by atoms with Gasteiger partial charge in [-0.25, -0.2) is 0 Å². The lowest BCUT2D eigenvalue weighted by atomic mass is 10.1. The minimum Gasteiger partial charge on any atom is -0.287 e. The second kappa shape index (κ2) is 7.65. The fourth-order valence-corrected chi connectivity index (χ4v) is 2.56. The van der Waals surface area contributed by atoms with Gasteiger partial charge in [-0.1, -0.05) is 42.0 Å². The van der Waals surface area contributed by atoms with Crippen LogP contribution < -0.4 is 0 Å². The molecule has 0 atom stereocenters. The summed E-state index contributed by atoms with van der Waals surface area (Å²) in [5.74, 6) is 0. The summed E-state index contributed by atoms with van der Waals surface area (Å²) in [5.41, 5.74) is 4.75. The van der Waals surface area contributed by atoms with Gasteiger partial charge in [0.05, 0.1) is 11.4 Å². The molecule has 0 unspecified atom stereocenters. The molecule has 0 aliphatic heterocycles. The van der Waals surface area contributed by atoms with Crippen molar-refractivity contribution in [3.8, 4) is 0 Å². The Hall–Kier alpha value is -2.52. The molecule has 23 heavy (non-hydrogen) atoms. The minimum absolute atomic E-state index is 0.811. The van der Waals surface area contributed by atoms with Gasteiger partial charge in [0, 0.05) is 32.0 Å². The molecule has 0 N–H and O–H groups in total. The van der Waals surface area contributed by atoms with E-state index in [0.717, 1.165) is 31.0 Å². The summed E-state index contributed by atoms with van der Waals surface area (Å²) in [4.78, 5) is 11.3. The van der Waals surface area contributed by atoms with Crippen LogP contribution in [0.4, 0.5) is 0 Å². The lowest BCUT2D eigenvalue weighted by molar-refractivity contribution is 0.241. The number of pyridine rings is 2. The third-order valence-corrected chi connectivity index (χ3v) is 3.75. The molecule has 3 nitrogen and oxygen atoms in total. The van der Waals surface area contributed by atoms with Crippen LogP contribution in [0.5, 0.6) is 0 Å². The maximum atomic E-state index is 4.45. The van der Waals surface area contributed by atoms with Crippen molar-refractivity contribution >= 4 is 0 Å². The van der Waals surface area contributed by atoms with E-state index in [1.165, 1.54) is 11.1 Å². The van der Waals surface area contributed by atoms with Gasteiger partial charge in [-0.05, 0) is 36.8 Å². The molecule has 0 fully saturated rings. The van der Waals surface area contributed by atoms with Crippen LogP contribution in [0.2, 0.25) is 0 Å². The second-order valence-electron chi connectivity index (χ2n) is 5.77. The van der Waals surface area contributed by atoms with Crippen LogP contribution in [-0.2, 0) is 19.6 Å². The predicted molar refractivity (Wildman–Crippen MR) is 92.6 cm³/mol. The van der Waals surface area contributed by atoms with E-state index >= 15 is 0 Å². The third kappa shape index (κ3) is 4.73. The molecule has 2 aromatic heterocycles. The van der Waals surface area contributed by atoms with Crippen LogP contribution in [0.25, 0.3) is 0 Å². The quantitative estimate of drug-likeness (QED) is 0.689. The Labute approximate surface area is 137 Å². The SMILES string of the molecule is Cc1ccc(CN(Cc2ccccn2)Cc2ccccn2)cc1. The molecule has 3 aromatic rings. The van der Waals surface area contributed by atoms with Gasteiger partial charge >= 0.3 is 0 Å². The van der Waals surface area contributed by atoms with E-state index in [-0.39, 0.29) is 0 Å². The monoisotopic (exact) mass is 303 g/mol. The smallest absolute Gasteiger partial charge is 0.0544 e. The van der Waals surface area contributed by atoms with Gasteiger partial charge in [-0.3, -0.25) is 14.9 Å². The van der Waals surface area contributed by atoms with Gasteiger partial charge < -0.3 is 0 Å². The van der Waals surface area contributed by atoms with Gasteiger partial charge in [0.1, 0.15) is 0 Å². The van der Waals surface area contributed by atoms with Gasteiger partial charge in [0.2, 0.25) is 0 Å². The molecule has 0 saturated heterocycles. The van der Waals surface area contributed by atoms with Gasteiger partial charge in [-0.2, -0.15) is 0 Å². The topological polar surface area (TPSA) is 29.0 Å². The fourth-order valence-electron chi connectivity index (χ4n) is 2.56. The zero-order valence-electron chi connectivity index (χ0n) is 13.4. The first-order valence-electron chi connectivity index (χ1n) is 7.87. The van der Waals surface area contributed by atoms with Gasteiger partial charge in [0.25, 0.3) is 0 Å². The van der Waals surface area contributed by atoms with E-state index in [0.29, 0.717) is 0 Å². The van der Waals surface area contributed by atoms with E-state index in [2.05, 4.69) is 58.2 Å². The van der Waals surface area contributed by atoms with Crippen molar-refractivity contribution in [1.29, 1.82) is 0 Å². The minimum atomic E-state index is 0.811. The Morgan fingerprint density at radius 1 is 0.696 bits per heavy atom. The number of nitrogens with zero attached hydrogens (tertiary/aromatic N) is 3. The molecular weight excluding hydrogens is 282 g/mol. The highest BCUT2D eigenvalue weighted by molar-refractivity contribution is 5.21. The molecule has 116 valence electrons. The largest absolute Gasteiger partial charge is 0.287 e. The second-order valence-corrected chi connectivity index (χ2v) is 5.77. The molecule has 3 rings (SSSR count). The Kier molecular flexibility index (Phi) is 5.12. The van der Waals surface area contributed by atoms with Crippen LogP contribution in [0, 0.1) is 6.92 Å². The number of hydrogen-bond acceptors (Lipinski definition) is 3. The molecule has 2 heterocycles. The Balaban J connectivity index is 1.76. The lowest BCUT2D eigenvalue weighted by Crippen LogP contribution is -2.23. The van der Waals surface area contributed by atoms with E-state index in [1.807, 2.05) is 36.7 Å². The van der Waals surface area contributed by atoms with Crippen molar-refractivity contribution in [3.63, 3.8) is 0 Å². The maximum absolute atomic E-state index is 4.45. The van der Waals surface area contributed by atoms with Gasteiger partial charge in [-0.15, -0.1) is 0 Å². The third-order valence-electron chi connectivity index (χ3n) is 3.75. The van der Waals surface area contributed by atoms with Crippen molar-refractivity contribution in [2.45, 2.75) is 26.6 Å². The van der Waals surface area contributed by atoms with Crippen molar-refractivity contribution in [2.24, 2.45) is 0 Å². The average molecular weight is 303 g/mol. The lowest BCUT2D eigenvalue weighted by Gasteiger charge is -2.22. The van der Waals surface area contributed by atoms with Crippen molar-refractivity contribution in [2.75, 3.05) is 0 Å². The van der Waals surface area contributed by atoms with E-state index < -0.39 is 0 Å².